The minimum absolute atomic E-state index is 0.0216. The maximum absolute atomic E-state index is 12.8. The molecule has 1 atom stereocenters. The van der Waals surface area contributed by atoms with Crippen molar-refractivity contribution in [1.29, 1.82) is 0 Å². The highest BCUT2D eigenvalue weighted by atomic mass is 16.2. The lowest BCUT2D eigenvalue weighted by Crippen LogP contribution is -2.31. The van der Waals surface area contributed by atoms with Gasteiger partial charge in [-0.3, -0.25) is 4.57 Å². The molecular formula is C21H26N4O. The van der Waals surface area contributed by atoms with E-state index in [2.05, 4.69) is 47.8 Å². The van der Waals surface area contributed by atoms with Gasteiger partial charge in [0, 0.05) is 19.0 Å². The average Bonchev–Trinajstić information content (AvgIpc) is 3.02. The summed E-state index contributed by atoms with van der Waals surface area (Å²) in [6, 6.07) is 14.8. The number of aromatic nitrogens is 3. The van der Waals surface area contributed by atoms with Gasteiger partial charge in [-0.1, -0.05) is 42.5 Å². The molecule has 1 aliphatic rings. The second-order valence-corrected chi connectivity index (χ2v) is 7.04. The van der Waals surface area contributed by atoms with Gasteiger partial charge >= 0.3 is 5.69 Å². The number of piperidine rings is 1. The van der Waals surface area contributed by atoms with Crippen LogP contribution >= 0.6 is 0 Å². The fourth-order valence-electron chi connectivity index (χ4n) is 4.01. The Morgan fingerprint density at radius 2 is 2.04 bits per heavy atom. The maximum atomic E-state index is 12.8. The van der Waals surface area contributed by atoms with Crippen LogP contribution in [0.1, 0.15) is 37.1 Å². The Bertz CT molecular complexity index is 945. The molecule has 1 saturated heterocycles. The second-order valence-electron chi connectivity index (χ2n) is 7.04. The van der Waals surface area contributed by atoms with E-state index in [-0.39, 0.29) is 5.69 Å². The van der Waals surface area contributed by atoms with Crippen molar-refractivity contribution in [1.82, 2.24) is 19.7 Å². The SMILES string of the molecule is CCn1c(C2CCCNC2)nn(CCc2cccc3ccccc23)c1=O. The van der Waals surface area contributed by atoms with Crippen LogP contribution in [0.15, 0.2) is 47.3 Å². The van der Waals surface area contributed by atoms with Crippen molar-refractivity contribution in [2.45, 2.75) is 45.2 Å². The lowest BCUT2D eigenvalue weighted by molar-refractivity contribution is 0.430. The van der Waals surface area contributed by atoms with Gasteiger partial charge in [-0.25, -0.2) is 9.48 Å². The first-order chi connectivity index (χ1) is 12.8. The van der Waals surface area contributed by atoms with Crippen LogP contribution in [0.5, 0.6) is 0 Å². The summed E-state index contributed by atoms with van der Waals surface area (Å²) in [6.45, 7) is 5.30. The van der Waals surface area contributed by atoms with Crippen molar-refractivity contribution in [3.63, 3.8) is 0 Å². The Morgan fingerprint density at radius 3 is 2.85 bits per heavy atom. The fraction of sp³-hybridized carbons (Fsp3) is 0.429. The third-order valence-corrected chi connectivity index (χ3v) is 5.40. The Kier molecular flexibility index (Phi) is 4.89. The summed E-state index contributed by atoms with van der Waals surface area (Å²) in [7, 11) is 0. The first-order valence-electron chi connectivity index (χ1n) is 9.63. The number of hydrogen-bond acceptors (Lipinski definition) is 3. The number of rotatable bonds is 5. The molecule has 1 aliphatic heterocycles. The van der Waals surface area contributed by atoms with Crippen molar-refractivity contribution in [2.75, 3.05) is 13.1 Å². The van der Waals surface area contributed by atoms with Gasteiger partial charge in [0.05, 0.1) is 6.54 Å². The van der Waals surface area contributed by atoms with Crippen LogP contribution in [-0.2, 0) is 19.5 Å². The molecule has 1 fully saturated rings. The van der Waals surface area contributed by atoms with E-state index >= 15 is 0 Å². The third-order valence-electron chi connectivity index (χ3n) is 5.40. The molecule has 4 rings (SSSR count). The van der Waals surface area contributed by atoms with Crippen LogP contribution in [0, 0.1) is 0 Å². The van der Waals surface area contributed by atoms with E-state index in [9.17, 15) is 4.79 Å². The monoisotopic (exact) mass is 350 g/mol. The van der Waals surface area contributed by atoms with Crippen LogP contribution in [0.2, 0.25) is 0 Å². The van der Waals surface area contributed by atoms with E-state index in [1.165, 1.54) is 16.3 Å². The zero-order valence-electron chi connectivity index (χ0n) is 15.3. The summed E-state index contributed by atoms with van der Waals surface area (Å²) in [4.78, 5) is 12.8. The van der Waals surface area contributed by atoms with Crippen molar-refractivity contribution in [3.8, 4) is 0 Å². The predicted molar refractivity (Wildman–Crippen MR) is 105 cm³/mol. The highest BCUT2D eigenvalue weighted by molar-refractivity contribution is 5.85. The maximum Gasteiger partial charge on any atom is 0.345 e. The van der Waals surface area contributed by atoms with E-state index in [1.54, 1.807) is 4.68 Å². The van der Waals surface area contributed by atoms with Crippen molar-refractivity contribution < 1.29 is 0 Å². The van der Waals surface area contributed by atoms with Crippen molar-refractivity contribution >= 4 is 10.8 Å². The first-order valence-corrected chi connectivity index (χ1v) is 9.63. The van der Waals surface area contributed by atoms with Gasteiger partial charge < -0.3 is 5.32 Å². The quantitative estimate of drug-likeness (QED) is 0.770. The molecule has 1 aromatic heterocycles. The molecule has 0 bridgehead atoms. The zero-order chi connectivity index (χ0) is 17.9. The Hall–Kier alpha value is -2.40. The predicted octanol–water partition coefficient (Wildman–Crippen LogP) is 2.93. The minimum atomic E-state index is 0.0216. The Balaban J connectivity index is 1.60. The summed E-state index contributed by atoms with van der Waals surface area (Å²) >= 11 is 0. The van der Waals surface area contributed by atoms with Gasteiger partial charge in [-0.2, -0.15) is 5.10 Å². The summed E-state index contributed by atoms with van der Waals surface area (Å²) < 4.78 is 3.51. The summed E-state index contributed by atoms with van der Waals surface area (Å²) in [5, 5.41) is 10.7. The van der Waals surface area contributed by atoms with E-state index in [1.807, 2.05) is 11.5 Å². The molecular weight excluding hydrogens is 324 g/mol. The number of nitrogens with zero attached hydrogens (tertiary/aromatic N) is 3. The topological polar surface area (TPSA) is 51.9 Å². The van der Waals surface area contributed by atoms with Crippen molar-refractivity contribution in [2.24, 2.45) is 0 Å². The molecule has 0 amide bonds. The zero-order valence-corrected chi connectivity index (χ0v) is 15.3. The number of aryl methyl sites for hydroxylation is 2. The molecule has 136 valence electrons. The fourth-order valence-corrected chi connectivity index (χ4v) is 4.01. The van der Waals surface area contributed by atoms with E-state index in [0.717, 1.165) is 38.2 Å². The molecule has 5 heteroatoms. The standard InChI is InChI=1S/C21H26N4O/c1-2-24-20(18-10-6-13-22-15-18)23-25(21(24)26)14-12-17-9-5-8-16-7-3-4-11-19(16)17/h3-5,7-9,11,18,22H,2,6,10,12-15H2,1H3. The van der Waals surface area contributed by atoms with E-state index in [0.29, 0.717) is 19.0 Å². The highest BCUT2D eigenvalue weighted by Gasteiger charge is 2.23. The van der Waals surface area contributed by atoms with Gasteiger partial charge in [-0.15, -0.1) is 0 Å². The molecule has 2 heterocycles. The van der Waals surface area contributed by atoms with Crippen molar-refractivity contribution in [3.05, 3.63) is 64.3 Å². The molecule has 26 heavy (non-hydrogen) atoms. The second kappa shape index (κ2) is 7.46. The smallest absolute Gasteiger partial charge is 0.316 e. The van der Waals surface area contributed by atoms with Gasteiger partial charge in [0.2, 0.25) is 0 Å². The lowest BCUT2D eigenvalue weighted by Gasteiger charge is -2.21. The molecule has 3 aromatic rings. The van der Waals surface area contributed by atoms with Gasteiger partial charge in [0.1, 0.15) is 5.82 Å². The molecule has 2 aromatic carbocycles. The van der Waals surface area contributed by atoms with Crippen LogP contribution in [0.3, 0.4) is 0 Å². The van der Waals surface area contributed by atoms with E-state index in [4.69, 9.17) is 5.10 Å². The summed E-state index contributed by atoms with van der Waals surface area (Å²) in [5.74, 6) is 1.29. The number of nitrogens with one attached hydrogen (secondary N) is 1. The molecule has 0 aliphatic carbocycles. The Labute approximate surface area is 153 Å². The van der Waals surface area contributed by atoms with Crippen LogP contribution < -0.4 is 11.0 Å². The third kappa shape index (κ3) is 3.19. The lowest BCUT2D eigenvalue weighted by atomic mass is 9.99. The molecule has 1 unspecified atom stereocenters. The normalized spacial score (nSPS) is 17.7. The van der Waals surface area contributed by atoms with Crippen LogP contribution in [-0.4, -0.2) is 27.4 Å². The van der Waals surface area contributed by atoms with Gasteiger partial charge in [0.25, 0.3) is 0 Å². The summed E-state index contributed by atoms with van der Waals surface area (Å²) in [6.07, 6.45) is 3.06. The first kappa shape index (κ1) is 17.0. The van der Waals surface area contributed by atoms with Crippen LogP contribution in [0.25, 0.3) is 10.8 Å². The van der Waals surface area contributed by atoms with E-state index < -0.39 is 0 Å². The molecule has 0 spiro atoms. The Morgan fingerprint density at radius 1 is 1.19 bits per heavy atom. The van der Waals surface area contributed by atoms with Crippen LogP contribution in [0.4, 0.5) is 0 Å². The van der Waals surface area contributed by atoms with Gasteiger partial charge in [0.15, 0.2) is 0 Å². The minimum Gasteiger partial charge on any atom is -0.316 e. The van der Waals surface area contributed by atoms with Gasteiger partial charge in [-0.05, 0) is 49.1 Å². The average molecular weight is 350 g/mol. The number of fused-ring (bicyclic) bond motifs is 1. The largest absolute Gasteiger partial charge is 0.345 e. The highest BCUT2D eigenvalue weighted by Crippen LogP contribution is 2.21. The molecule has 5 nitrogen and oxygen atoms in total. The molecule has 0 radical (unpaired) electrons. The molecule has 0 saturated carbocycles. The molecule has 1 N–H and O–H groups in total. The number of hydrogen-bond donors (Lipinski definition) is 1. The number of benzene rings is 2. The summed E-state index contributed by atoms with van der Waals surface area (Å²) in [5.41, 5.74) is 1.29.